The summed E-state index contributed by atoms with van der Waals surface area (Å²) in [5, 5.41) is 9.41. The van der Waals surface area contributed by atoms with Crippen molar-refractivity contribution >= 4 is 23.4 Å². The fraction of sp³-hybridized carbons (Fsp3) is 0.600. The molecule has 3 aromatic rings. The van der Waals surface area contributed by atoms with Crippen LogP contribution in [-0.4, -0.2) is 49.1 Å². The highest BCUT2D eigenvalue weighted by Crippen LogP contribution is 2.50. The van der Waals surface area contributed by atoms with E-state index in [1.807, 2.05) is 23.1 Å². The molecule has 2 saturated carbocycles. The summed E-state index contributed by atoms with van der Waals surface area (Å²) in [5.74, 6) is 4.40. The highest BCUT2D eigenvalue weighted by atomic mass is 32.1. The number of primary amides is 1. The van der Waals surface area contributed by atoms with Gasteiger partial charge in [0.25, 0.3) is 5.91 Å². The molecule has 3 fully saturated rings. The van der Waals surface area contributed by atoms with E-state index in [2.05, 4.69) is 28.9 Å². The van der Waals surface area contributed by atoms with E-state index in [0.717, 1.165) is 56.5 Å². The minimum absolute atomic E-state index is 0.198. The van der Waals surface area contributed by atoms with Crippen molar-refractivity contribution in [3.8, 4) is 11.7 Å². The maximum absolute atomic E-state index is 12.4. The standard InChI is InChI=1S/C30H39N7O3S/c1-30(2)18-20(4-3-14-35-15-12-27(34-35)41-39)19-36(30)29-24(28(31)38)9-10-25(32-29)37-16-11-26(33-37)40-17-13-23(21-5-6-21)22-7-8-22/h9-12,15-16,20-23H,3-8,13-14,17-19H2,1-2H3,(H-,31,38)/p+1. The molecule has 1 saturated heterocycles. The van der Waals surface area contributed by atoms with E-state index in [-0.39, 0.29) is 5.54 Å². The van der Waals surface area contributed by atoms with Crippen molar-refractivity contribution in [1.29, 1.82) is 0 Å². The predicted molar refractivity (Wildman–Crippen MR) is 156 cm³/mol. The van der Waals surface area contributed by atoms with Gasteiger partial charge in [0.15, 0.2) is 5.82 Å². The van der Waals surface area contributed by atoms with E-state index >= 15 is 0 Å². The number of aromatic nitrogens is 5. The van der Waals surface area contributed by atoms with Gasteiger partial charge in [-0.3, -0.25) is 9.48 Å². The van der Waals surface area contributed by atoms with Crippen molar-refractivity contribution in [3.63, 3.8) is 0 Å². The van der Waals surface area contributed by atoms with Gasteiger partial charge in [-0.1, -0.05) is 0 Å². The van der Waals surface area contributed by atoms with E-state index in [0.29, 0.717) is 52.3 Å². The lowest BCUT2D eigenvalue weighted by Gasteiger charge is -2.33. The topological polar surface area (TPSA) is 121 Å². The number of nitrogens with zero attached hydrogens (tertiary/aromatic N) is 6. The molecule has 0 radical (unpaired) electrons. The Hall–Kier alpha value is -3.34. The fourth-order valence-electron chi connectivity index (χ4n) is 6.69. The zero-order chi connectivity index (χ0) is 28.6. The average Bonchev–Trinajstić information content (AvgIpc) is 3.85. The third-order valence-corrected chi connectivity index (χ3v) is 9.39. The Morgan fingerprint density at radius 2 is 1.90 bits per heavy atom. The Kier molecular flexibility index (Phi) is 7.80. The van der Waals surface area contributed by atoms with Crippen LogP contribution in [0.2, 0.25) is 0 Å². The molecule has 0 aromatic carbocycles. The molecule has 1 atom stereocenters. The molecule has 1 amide bonds. The Morgan fingerprint density at radius 3 is 2.59 bits per heavy atom. The molecule has 11 heteroatoms. The molecule has 1 unspecified atom stereocenters. The van der Waals surface area contributed by atoms with Crippen LogP contribution in [0.4, 0.5) is 5.82 Å². The lowest BCUT2D eigenvalue weighted by Crippen LogP contribution is -2.40. The van der Waals surface area contributed by atoms with Crippen LogP contribution in [0.3, 0.4) is 0 Å². The molecule has 0 spiro atoms. The number of pyridine rings is 1. The molecule has 218 valence electrons. The van der Waals surface area contributed by atoms with Gasteiger partial charge in [0, 0.05) is 47.4 Å². The predicted octanol–water partition coefficient (Wildman–Crippen LogP) is 4.64. The number of rotatable bonds is 14. The van der Waals surface area contributed by atoms with Crippen LogP contribution in [0.15, 0.2) is 41.7 Å². The molecule has 2 aliphatic carbocycles. The summed E-state index contributed by atoms with van der Waals surface area (Å²) < 4.78 is 20.5. The zero-order valence-electron chi connectivity index (χ0n) is 23.9. The number of anilines is 1. The van der Waals surface area contributed by atoms with Crippen LogP contribution < -0.4 is 15.4 Å². The number of nitrogens with two attached hydrogens (primary N) is 1. The summed E-state index contributed by atoms with van der Waals surface area (Å²) in [6, 6.07) is 7.16. The number of carbonyl (C=O) groups excluding carboxylic acids is 1. The van der Waals surface area contributed by atoms with E-state index in [1.54, 1.807) is 22.9 Å². The van der Waals surface area contributed by atoms with Crippen molar-refractivity contribution in [2.75, 3.05) is 18.1 Å². The summed E-state index contributed by atoms with van der Waals surface area (Å²) >= 11 is 0.414. The van der Waals surface area contributed by atoms with Crippen LogP contribution in [0.25, 0.3) is 5.82 Å². The molecular weight excluding hydrogens is 538 g/mol. The summed E-state index contributed by atoms with van der Waals surface area (Å²) in [6.45, 7) is 6.61. The van der Waals surface area contributed by atoms with Gasteiger partial charge >= 0.3 is 16.7 Å². The van der Waals surface area contributed by atoms with Crippen LogP contribution in [0.1, 0.15) is 75.6 Å². The molecule has 41 heavy (non-hydrogen) atoms. The number of ether oxygens (including phenoxy) is 1. The second-order valence-corrected chi connectivity index (χ2v) is 13.2. The van der Waals surface area contributed by atoms with Crippen molar-refractivity contribution in [3.05, 3.63) is 42.2 Å². The maximum atomic E-state index is 12.4. The second kappa shape index (κ2) is 11.5. The molecule has 2 N–H and O–H groups in total. The first-order chi connectivity index (χ1) is 19.8. The number of hydrogen-bond donors (Lipinski definition) is 1. The van der Waals surface area contributed by atoms with Gasteiger partial charge in [-0.05, 0) is 101 Å². The maximum Gasteiger partial charge on any atom is 0.528 e. The van der Waals surface area contributed by atoms with Gasteiger partial charge in [0.1, 0.15) is 5.82 Å². The highest BCUT2D eigenvalue weighted by molar-refractivity contribution is 7.65. The second-order valence-electron chi connectivity index (χ2n) is 12.6. The summed E-state index contributed by atoms with van der Waals surface area (Å²) in [4.78, 5) is 19.6. The lowest BCUT2D eigenvalue weighted by molar-refractivity contribution is 0.100. The van der Waals surface area contributed by atoms with Crippen LogP contribution >= 0.6 is 0 Å². The van der Waals surface area contributed by atoms with Crippen LogP contribution in [0.5, 0.6) is 5.88 Å². The normalized spacial score (nSPS) is 20.1. The van der Waals surface area contributed by atoms with Crippen LogP contribution in [0, 0.1) is 23.7 Å². The Balaban J connectivity index is 1.12. The fourth-order valence-corrected chi connectivity index (χ4v) is 6.94. The minimum Gasteiger partial charge on any atom is -0.477 e. The molecule has 0 bridgehead atoms. The number of carbonyl (C=O) groups is 1. The van der Waals surface area contributed by atoms with Crippen molar-refractivity contribution in [2.45, 2.75) is 82.3 Å². The monoisotopic (exact) mass is 578 g/mol. The van der Waals surface area contributed by atoms with Gasteiger partial charge < -0.3 is 15.4 Å². The largest absolute Gasteiger partial charge is 0.528 e. The molecule has 6 rings (SSSR count). The molecular formula is C30H40N7O3S+. The smallest absolute Gasteiger partial charge is 0.477 e. The van der Waals surface area contributed by atoms with Crippen molar-refractivity contribution in [1.82, 2.24) is 24.5 Å². The molecule has 10 nitrogen and oxygen atoms in total. The lowest BCUT2D eigenvalue weighted by atomic mass is 9.93. The number of hydrogen-bond acceptors (Lipinski definition) is 7. The summed E-state index contributed by atoms with van der Waals surface area (Å²) in [5.41, 5.74) is 6.02. The minimum atomic E-state index is -0.491. The molecule has 4 heterocycles. The quantitative estimate of drug-likeness (QED) is 0.277. The van der Waals surface area contributed by atoms with E-state index in [9.17, 15) is 9.00 Å². The SMILES string of the molecule is CC1(C)CC(CCCn2ccc([S+]=O)n2)CN1c1nc(-n2ccc(OCCC(C3CC3)C3CC3)n2)ccc1C(N)=O. The Labute approximate surface area is 245 Å². The van der Waals surface area contributed by atoms with Gasteiger partial charge in [-0.15, -0.1) is 10.2 Å². The van der Waals surface area contributed by atoms with Crippen LogP contribution in [-0.2, 0) is 22.4 Å². The van der Waals surface area contributed by atoms with Gasteiger partial charge in [-0.2, -0.15) is 0 Å². The molecule has 1 aliphatic heterocycles. The third-order valence-electron chi connectivity index (χ3n) is 9.00. The highest BCUT2D eigenvalue weighted by Gasteiger charge is 2.41. The average molecular weight is 579 g/mol. The number of aryl methyl sites for hydroxylation is 1. The zero-order valence-corrected chi connectivity index (χ0v) is 24.8. The van der Waals surface area contributed by atoms with E-state index in [1.165, 1.54) is 25.7 Å². The van der Waals surface area contributed by atoms with Gasteiger partial charge in [-0.25, -0.2) is 9.67 Å². The Bertz CT molecular complexity index is 1380. The Morgan fingerprint density at radius 1 is 1.12 bits per heavy atom. The summed E-state index contributed by atoms with van der Waals surface area (Å²) in [6.07, 6.45) is 13.3. The first-order valence-electron chi connectivity index (χ1n) is 14.9. The van der Waals surface area contributed by atoms with Gasteiger partial charge in [0.05, 0.1) is 12.2 Å². The number of amides is 1. The summed E-state index contributed by atoms with van der Waals surface area (Å²) in [7, 11) is 0. The third kappa shape index (κ3) is 6.45. The van der Waals surface area contributed by atoms with E-state index in [4.69, 9.17) is 15.5 Å². The van der Waals surface area contributed by atoms with E-state index < -0.39 is 5.91 Å². The van der Waals surface area contributed by atoms with Crippen molar-refractivity contribution < 1.29 is 13.7 Å². The first kappa shape index (κ1) is 27.8. The van der Waals surface area contributed by atoms with Gasteiger partial charge in [0.2, 0.25) is 5.88 Å². The van der Waals surface area contributed by atoms with Crippen molar-refractivity contribution in [2.24, 2.45) is 29.4 Å². The molecule has 3 aromatic heterocycles. The first-order valence-corrected chi connectivity index (χ1v) is 15.7. The molecule has 3 aliphatic rings.